The molecule has 0 unspecified atom stereocenters. The number of ether oxygens (including phenoxy) is 1. The third-order valence-electron chi connectivity index (χ3n) is 2.77. The molecule has 0 saturated carbocycles. The van der Waals surface area contributed by atoms with E-state index in [0.717, 1.165) is 0 Å². The van der Waals surface area contributed by atoms with Crippen molar-refractivity contribution in [1.82, 2.24) is 0 Å². The molecular formula is C14H15NO3S. The van der Waals surface area contributed by atoms with Crippen molar-refractivity contribution in [3.05, 3.63) is 54.1 Å². The van der Waals surface area contributed by atoms with Gasteiger partial charge in [-0.3, -0.25) is 0 Å². The Kier molecular flexibility index (Phi) is 3.76. The van der Waals surface area contributed by atoms with Gasteiger partial charge in [-0.05, 0) is 29.8 Å². The Labute approximate surface area is 112 Å². The van der Waals surface area contributed by atoms with Crippen LogP contribution >= 0.6 is 0 Å². The van der Waals surface area contributed by atoms with E-state index in [2.05, 4.69) is 0 Å². The molecule has 5 heteroatoms. The fourth-order valence-electron chi connectivity index (χ4n) is 1.78. The first-order valence-electron chi connectivity index (χ1n) is 5.73. The van der Waals surface area contributed by atoms with E-state index in [1.165, 1.54) is 6.07 Å². The Balaban J connectivity index is 2.28. The summed E-state index contributed by atoms with van der Waals surface area (Å²) in [5, 5.41) is 0. The molecule has 0 aliphatic carbocycles. The summed E-state index contributed by atoms with van der Waals surface area (Å²) in [6, 6.07) is 13.4. The molecule has 2 aromatic carbocycles. The summed E-state index contributed by atoms with van der Waals surface area (Å²) >= 11 is 0. The molecule has 19 heavy (non-hydrogen) atoms. The van der Waals surface area contributed by atoms with Crippen molar-refractivity contribution in [2.24, 2.45) is 0 Å². The van der Waals surface area contributed by atoms with E-state index in [1.807, 2.05) is 0 Å². The predicted molar refractivity (Wildman–Crippen MR) is 74.7 cm³/mol. The molecule has 0 bridgehead atoms. The van der Waals surface area contributed by atoms with Gasteiger partial charge in [-0.2, -0.15) is 0 Å². The molecule has 2 N–H and O–H groups in total. The molecule has 0 radical (unpaired) electrons. The van der Waals surface area contributed by atoms with Crippen LogP contribution < -0.4 is 10.5 Å². The second-order valence-corrected chi connectivity index (χ2v) is 6.10. The summed E-state index contributed by atoms with van der Waals surface area (Å²) in [4.78, 5) is 0.172. The van der Waals surface area contributed by atoms with Gasteiger partial charge in [0.1, 0.15) is 5.75 Å². The fourth-order valence-corrected chi connectivity index (χ4v) is 3.28. The Morgan fingerprint density at radius 3 is 2.26 bits per heavy atom. The van der Waals surface area contributed by atoms with Crippen LogP contribution in [-0.4, -0.2) is 15.5 Å². The number of hydrogen-bond acceptors (Lipinski definition) is 4. The molecule has 0 atom stereocenters. The molecule has 0 aliphatic rings. The predicted octanol–water partition coefficient (Wildman–Crippen LogP) is 2.25. The number of nitrogen functional groups attached to an aromatic ring is 1. The van der Waals surface area contributed by atoms with Gasteiger partial charge in [-0.15, -0.1) is 0 Å². The first-order valence-corrected chi connectivity index (χ1v) is 7.38. The number of benzene rings is 2. The molecule has 0 spiro atoms. The average molecular weight is 277 g/mol. The highest BCUT2D eigenvalue weighted by Gasteiger charge is 2.17. The van der Waals surface area contributed by atoms with E-state index >= 15 is 0 Å². The van der Waals surface area contributed by atoms with Crippen molar-refractivity contribution in [2.75, 3.05) is 12.8 Å². The number of methoxy groups -OCH3 is 1. The lowest BCUT2D eigenvalue weighted by molar-refractivity contribution is 0.414. The molecule has 0 saturated heterocycles. The van der Waals surface area contributed by atoms with Crippen LogP contribution in [-0.2, 0) is 15.6 Å². The van der Waals surface area contributed by atoms with Crippen LogP contribution in [0.15, 0.2) is 53.4 Å². The van der Waals surface area contributed by atoms with E-state index in [9.17, 15) is 8.42 Å². The summed E-state index contributed by atoms with van der Waals surface area (Å²) in [6.07, 6.45) is 0. The third kappa shape index (κ3) is 3.06. The number of sulfone groups is 1. The first-order chi connectivity index (χ1) is 9.03. The SMILES string of the molecule is COc1ccc(CS(=O)(=O)c2ccccc2N)cc1. The van der Waals surface area contributed by atoms with Crippen molar-refractivity contribution in [1.29, 1.82) is 0 Å². The van der Waals surface area contributed by atoms with Gasteiger partial charge >= 0.3 is 0 Å². The van der Waals surface area contributed by atoms with Gasteiger partial charge in [0.2, 0.25) is 0 Å². The molecule has 2 aromatic rings. The van der Waals surface area contributed by atoms with E-state index in [-0.39, 0.29) is 16.3 Å². The Morgan fingerprint density at radius 2 is 1.68 bits per heavy atom. The van der Waals surface area contributed by atoms with E-state index < -0.39 is 9.84 Å². The van der Waals surface area contributed by atoms with Crippen molar-refractivity contribution in [2.45, 2.75) is 10.6 Å². The lowest BCUT2D eigenvalue weighted by atomic mass is 10.2. The maximum atomic E-state index is 12.3. The summed E-state index contributed by atoms with van der Waals surface area (Å²) in [5.41, 5.74) is 6.68. The van der Waals surface area contributed by atoms with Gasteiger partial charge in [0, 0.05) is 0 Å². The minimum atomic E-state index is -3.43. The highest BCUT2D eigenvalue weighted by molar-refractivity contribution is 7.90. The number of nitrogens with two attached hydrogens (primary N) is 1. The smallest absolute Gasteiger partial charge is 0.184 e. The summed E-state index contributed by atoms with van der Waals surface area (Å²) in [6.45, 7) is 0. The molecule has 0 heterocycles. The van der Waals surface area contributed by atoms with E-state index in [0.29, 0.717) is 11.3 Å². The van der Waals surface area contributed by atoms with E-state index in [1.54, 1.807) is 49.6 Å². The van der Waals surface area contributed by atoms with Gasteiger partial charge in [-0.1, -0.05) is 24.3 Å². The third-order valence-corrected chi connectivity index (χ3v) is 4.53. The number of para-hydroxylation sites is 1. The molecule has 0 fully saturated rings. The first kappa shape index (κ1) is 13.4. The fraction of sp³-hybridized carbons (Fsp3) is 0.143. The van der Waals surface area contributed by atoms with Crippen LogP contribution in [0.2, 0.25) is 0 Å². The van der Waals surface area contributed by atoms with Crippen LogP contribution in [0.3, 0.4) is 0 Å². The Bertz CT molecular complexity index is 663. The lowest BCUT2D eigenvalue weighted by Gasteiger charge is -2.08. The van der Waals surface area contributed by atoms with Crippen LogP contribution in [0.25, 0.3) is 0 Å². The normalized spacial score (nSPS) is 11.2. The largest absolute Gasteiger partial charge is 0.497 e. The zero-order valence-corrected chi connectivity index (χ0v) is 11.4. The van der Waals surface area contributed by atoms with Gasteiger partial charge in [0.15, 0.2) is 9.84 Å². The van der Waals surface area contributed by atoms with Crippen molar-refractivity contribution >= 4 is 15.5 Å². The van der Waals surface area contributed by atoms with E-state index in [4.69, 9.17) is 10.5 Å². The maximum absolute atomic E-state index is 12.3. The van der Waals surface area contributed by atoms with Crippen LogP contribution in [0.4, 0.5) is 5.69 Å². The molecule has 0 amide bonds. The minimum Gasteiger partial charge on any atom is -0.497 e. The Morgan fingerprint density at radius 1 is 1.05 bits per heavy atom. The molecule has 100 valence electrons. The van der Waals surface area contributed by atoms with Gasteiger partial charge < -0.3 is 10.5 Å². The molecule has 0 aliphatic heterocycles. The minimum absolute atomic E-state index is 0.0782. The van der Waals surface area contributed by atoms with Crippen molar-refractivity contribution in [3.8, 4) is 5.75 Å². The van der Waals surface area contributed by atoms with Gasteiger partial charge in [0.05, 0.1) is 23.4 Å². The Hall–Kier alpha value is -2.01. The number of anilines is 1. The highest BCUT2D eigenvalue weighted by atomic mass is 32.2. The van der Waals surface area contributed by atoms with Crippen LogP contribution in [0.5, 0.6) is 5.75 Å². The topological polar surface area (TPSA) is 69.4 Å². The molecule has 4 nitrogen and oxygen atoms in total. The average Bonchev–Trinajstić information content (AvgIpc) is 2.39. The number of rotatable bonds is 4. The quantitative estimate of drug-likeness (QED) is 0.870. The molecular weight excluding hydrogens is 262 g/mol. The second-order valence-electron chi connectivity index (χ2n) is 4.14. The monoisotopic (exact) mass is 277 g/mol. The molecule has 0 aromatic heterocycles. The van der Waals surface area contributed by atoms with Gasteiger partial charge in [-0.25, -0.2) is 8.42 Å². The van der Waals surface area contributed by atoms with Gasteiger partial charge in [0.25, 0.3) is 0 Å². The molecule has 2 rings (SSSR count). The van der Waals surface area contributed by atoms with Crippen LogP contribution in [0.1, 0.15) is 5.56 Å². The number of hydrogen-bond donors (Lipinski definition) is 1. The maximum Gasteiger partial charge on any atom is 0.184 e. The summed E-state index contributed by atoms with van der Waals surface area (Å²) in [5.74, 6) is 0.617. The van der Waals surface area contributed by atoms with Crippen molar-refractivity contribution in [3.63, 3.8) is 0 Å². The second kappa shape index (κ2) is 5.32. The summed E-state index contributed by atoms with van der Waals surface area (Å²) in [7, 11) is -1.86. The standard InChI is InChI=1S/C14H15NO3S/c1-18-12-8-6-11(7-9-12)10-19(16,17)14-5-3-2-4-13(14)15/h2-9H,10,15H2,1H3. The van der Waals surface area contributed by atoms with Crippen LogP contribution in [0, 0.1) is 0 Å². The highest BCUT2D eigenvalue weighted by Crippen LogP contribution is 2.22. The lowest BCUT2D eigenvalue weighted by Crippen LogP contribution is -2.07. The zero-order chi connectivity index (χ0) is 13.9. The summed E-state index contributed by atoms with van der Waals surface area (Å²) < 4.78 is 29.6. The zero-order valence-electron chi connectivity index (χ0n) is 10.5. The van der Waals surface area contributed by atoms with Crippen molar-refractivity contribution < 1.29 is 13.2 Å².